The lowest BCUT2D eigenvalue weighted by Gasteiger charge is -2.18. The summed E-state index contributed by atoms with van der Waals surface area (Å²) in [6, 6.07) is 0. The Morgan fingerprint density at radius 3 is 2.31 bits per heavy atom. The van der Waals surface area contributed by atoms with E-state index in [0.717, 1.165) is 16.3 Å². The van der Waals surface area contributed by atoms with Gasteiger partial charge in [-0.3, -0.25) is 0 Å². The molecule has 0 aliphatic rings. The van der Waals surface area contributed by atoms with Crippen molar-refractivity contribution < 1.29 is 8.42 Å². The Morgan fingerprint density at radius 2 is 1.94 bits per heavy atom. The van der Waals surface area contributed by atoms with E-state index in [1.54, 1.807) is 6.92 Å². The maximum Gasteiger partial charge on any atom is 0.254 e. The Morgan fingerprint density at radius 1 is 1.38 bits per heavy atom. The molecule has 0 radical (unpaired) electrons. The van der Waals surface area contributed by atoms with Gasteiger partial charge in [0, 0.05) is 24.8 Å². The molecule has 4 nitrogen and oxygen atoms in total. The molecule has 92 valence electrons. The molecule has 0 spiro atoms. The fourth-order valence-corrected chi connectivity index (χ4v) is 4.44. The van der Waals surface area contributed by atoms with Gasteiger partial charge < -0.3 is 0 Å². The third-order valence-corrected chi connectivity index (χ3v) is 5.45. The van der Waals surface area contributed by atoms with Crippen LogP contribution in [0.5, 0.6) is 0 Å². The van der Waals surface area contributed by atoms with Crippen molar-refractivity contribution >= 4 is 44.6 Å². The quantitative estimate of drug-likeness (QED) is 0.754. The Labute approximate surface area is 109 Å². The molecule has 0 saturated carbocycles. The number of aromatic nitrogens is 1. The highest BCUT2D eigenvalue weighted by Gasteiger charge is 2.25. The Balaban J connectivity index is 2.97. The summed E-state index contributed by atoms with van der Waals surface area (Å²) in [5.41, 5.74) is 0. The smallest absolute Gasteiger partial charge is 0.249 e. The highest BCUT2D eigenvalue weighted by Crippen LogP contribution is 2.22. The minimum Gasteiger partial charge on any atom is -0.249 e. The molecular weight excluding hydrogens is 291 g/mol. The molecule has 0 aromatic carbocycles. The maximum atomic E-state index is 12.1. The lowest BCUT2D eigenvalue weighted by Crippen LogP contribution is -2.34. The van der Waals surface area contributed by atoms with Crippen LogP contribution in [0.4, 0.5) is 0 Å². The summed E-state index contributed by atoms with van der Waals surface area (Å²) in [5.74, 6) is 0.488. The van der Waals surface area contributed by atoms with Gasteiger partial charge >= 0.3 is 0 Å². The summed E-state index contributed by atoms with van der Waals surface area (Å²) in [6.07, 6.45) is 1.37. The van der Waals surface area contributed by atoms with E-state index in [9.17, 15) is 8.42 Å². The average molecular weight is 303 g/mol. The van der Waals surface area contributed by atoms with Gasteiger partial charge in [-0.2, -0.15) is 4.31 Å². The number of hydrogen-bond donors (Lipinski definition) is 0. The normalized spacial score (nSPS) is 12.2. The first-order chi connectivity index (χ1) is 7.52. The van der Waals surface area contributed by atoms with Crippen LogP contribution in [0.15, 0.2) is 10.4 Å². The third kappa shape index (κ3) is 3.30. The second-order valence-corrected chi connectivity index (χ2v) is 7.14. The molecule has 8 heteroatoms. The zero-order chi connectivity index (χ0) is 12.2. The van der Waals surface area contributed by atoms with Crippen molar-refractivity contribution in [2.24, 2.45) is 0 Å². The zero-order valence-electron chi connectivity index (χ0n) is 8.69. The summed E-state index contributed by atoms with van der Waals surface area (Å²) in [7, 11) is -3.48. The predicted molar refractivity (Wildman–Crippen MR) is 67.0 cm³/mol. The van der Waals surface area contributed by atoms with Gasteiger partial charge in [-0.15, -0.1) is 34.5 Å². The molecule has 0 N–H and O–H groups in total. The molecule has 0 aliphatic carbocycles. The summed E-state index contributed by atoms with van der Waals surface area (Å²) < 4.78 is 25.7. The number of thiazole rings is 1. The maximum absolute atomic E-state index is 12.1. The third-order valence-electron chi connectivity index (χ3n) is 1.86. The summed E-state index contributed by atoms with van der Waals surface area (Å²) in [6.45, 7) is 2.28. The minimum atomic E-state index is -3.48. The zero-order valence-corrected chi connectivity index (χ0v) is 11.8. The van der Waals surface area contributed by atoms with Crippen LogP contribution in [-0.4, -0.2) is 42.6 Å². The van der Waals surface area contributed by atoms with Gasteiger partial charge in [0.15, 0.2) is 4.21 Å². The molecule has 1 rings (SSSR count). The summed E-state index contributed by atoms with van der Waals surface area (Å²) in [4.78, 5) is 3.93. The van der Waals surface area contributed by atoms with Crippen LogP contribution in [0, 0.1) is 6.92 Å². The molecule has 16 heavy (non-hydrogen) atoms. The molecule has 1 aromatic heterocycles. The predicted octanol–water partition coefficient (Wildman–Crippen LogP) is 1.92. The van der Waals surface area contributed by atoms with Crippen molar-refractivity contribution in [3.05, 3.63) is 11.2 Å². The first kappa shape index (κ1) is 14.2. The molecule has 0 amide bonds. The topological polar surface area (TPSA) is 50.3 Å². The van der Waals surface area contributed by atoms with Crippen LogP contribution >= 0.6 is 34.5 Å². The number of rotatable bonds is 6. The van der Waals surface area contributed by atoms with Crippen LogP contribution < -0.4 is 0 Å². The van der Waals surface area contributed by atoms with Crippen LogP contribution in [0.3, 0.4) is 0 Å². The summed E-state index contributed by atoms with van der Waals surface area (Å²) >= 11 is 12.3. The molecule has 1 heterocycles. The number of aryl methyl sites for hydroxylation is 1. The molecule has 0 atom stereocenters. The highest BCUT2D eigenvalue weighted by molar-refractivity contribution is 7.91. The summed E-state index contributed by atoms with van der Waals surface area (Å²) in [5, 5.41) is 0.718. The van der Waals surface area contributed by atoms with Gasteiger partial charge in [-0.05, 0) is 6.92 Å². The largest absolute Gasteiger partial charge is 0.254 e. The van der Waals surface area contributed by atoms with Gasteiger partial charge in [0.25, 0.3) is 10.0 Å². The SMILES string of the molecule is Cc1ncc(S(=O)(=O)N(CCCl)CCCl)s1. The van der Waals surface area contributed by atoms with E-state index in [1.165, 1.54) is 10.5 Å². The number of nitrogens with zero attached hydrogens (tertiary/aromatic N) is 2. The van der Waals surface area contributed by atoms with E-state index in [-0.39, 0.29) is 29.1 Å². The van der Waals surface area contributed by atoms with Crippen molar-refractivity contribution in [2.75, 3.05) is 24.8 Å². The molecule has 0 aliphatic heterocycles. The van der Waals surface area contributed by atoms with E-state index in [0.29, 0.717) is 0 Å². The number of alkyl halides is 2. The lowest BCUT2D eigenvalue weighted by molar-refractivity contribution is 0.450. The first-order valence-corrected chi connectivity index (χ1v) is 7.89. The van der Waals surface area contributed by atoms with Crippen molar-refractivity contribution in [2.45, 2.75) is 11.1 Å². The van der Waals surface area contributed by atoms with Crippen molar-refractivity contribution in [1.82, 2.24) is 9.29 Å². The fraction of sp³-hybridized carbons (Fsp3) is 0.625. The van der Waals surface area contributed by atoms with Gasteiger partial charge in [0.1, 0.15) is 0 Å². The second-order valence-electron chi connectivity index (χ2n) is 2.98. The average Bonchev–Trinajstić information content (AvgIpc) is 2.65. The highest BCUT2D eigenvalue weighted by atomic mass is 35.5. The fourth-order valence-electron chi connectivity index (χ4n) is 1.13. The van der Waals surface area contributed by atoms with Crippen LogP contribution in [0.2, 0.25) is 0 Å². The molecule has 0 fully saturated rings. The van der Waals surface area contributed by atoms with E-state index in [4.69, 9.17) is 23.2 Å². The van der Waals surface area contributed by atoms with Gasteiger partial charge in [-0.1, -0.05) is 0 Å². The van der Waals surface area contributed by atoms with Crippen molar-refractivity contribution in [1.29, 1.82) is 0 Å². The number of hydrogen-bond acceptors (Lipinski definition) is 4. The molecule has 1 aromatic rings. The van der Waals surface area contributed by atoms with E-state index in [2.05, 4.69) is 4.98 Å². The van der Waals surface area contributed by atoms with Crippen LogP contribution in [0.25, 0.3) is 0 Å². The molecule has 0 saturated heterocycles. The molecule has 0 unspecified atom stereocenters. The second kappa shape index (κ2) is 6.16. The Hall–Kier alpha value is 0.120. The first-order valence-electron chi connectivity index (χ1n) is 4.57. The Kier molecular flexibility index (Phi) is 5.46. The van der Waals surface area contributed by atoms with Gasteiger partial charge in [0.2, 0.25) is 0 Å². The molecule has 0 bridgehead atoms. The number of halogens is 2. The van der Waals surface area contributed by atoms with E-state index >= 15 is 0 Å². The molecular formula is C8H12Cl2N2O2S2. The van der Waals surface area contributed by atoms with E-state index < -0.39 is 10.0 Å². The van der Waals surface area contributed by atoms with Gasteiger partial charge in [0.05, 0.1) is 11.2 Å². The van der Waals surface area contributed by atoms with Crippen molar-refractivity contribution in [3.8, 4) is 0 Å². The monoisotopic (exact) mass is 302 g/mol. The standard InChI is InChI=1S/C8H12Cl2N2O2S2/c1-7-11-6-8(15-7)16(13,14)12(4-2-9)5-3-10/h6H,2-5H2,1H3. The lowest BCUT2D eigenvalue weighted by atomic mass is 10.7. The van der Waals surface area contributed by atoms with E-state index in [1.807, 2.05) is 0 Å². The Bertz CT molecular complexity index is 427. The van der Waals surface area contributed by atoms with Crippen molar-refractivity contribution in [3.63, 3.8) is 0 Å². The van der Waals surface area contributed by atoms with Crippen LogP contribution in [0.1, 0.15) is 5.01 Å². The minimum absolute atomic E-state index is 0.236. The number of sulfonamides is 1. The van der Waals surface area contributed by atoms with Gasteiger partial charge in [-0.25, -0.2) is 13.4 Å². The van der Waals surface area contributed by atoms with Crippen LogP contribution in [-0.2, 0) is 10.0 Å².